The monoisotopic (exact) mass is 510 g/mol. The molecule has 0 aliphatic carbocycles. The van der Waals surface area contributed by atoms with Gasteiger partial charge in [-0.15, -0.1) is 0 Å². The Labute approximate surface area is 220 Å². The maximum atomic E-state index is 14.0. The fraction of sp³-hybridized carbons (Fsp3) is 0.161. The number of hydrogen-bond acceptors (Lipinski definition) is 7. The molecule has 5 rings (SSSR count). The van der Waals surface area contributed by atoms with Crippen molar-refractivity contribution in [2.24, 2.45) is 0 Å². The lowest BCUT2D eigenvalue weighted by atomic mass is 9.92. The van der Waals surface area contributed by atoms with Crippen molar-refractivity contribution in [2.45, 2.75) is 13.5 Å². The van der Waals surface area contributed by atoms with Crippen LogP contribution in [0.4, 0.5) is 0 Å². The molecule has 7 nitrogen and oxygen atoms in total. The highest BCUT2D eigenvalue weighted by Crippen LogP contribution is 2.35. The summed E-state index contributed by atoms with van der Waals surface area (Å²) in [7, 11) is 1.55. The number of benzene rings is 4. The van der Waals surface area contributed by atoms with Crippen LogP contribution in [0.15, 0.2) is 84.9 Å². The van der Waals surface area contributed by atoms with E-state index in [0.29, 0.717) is 46.5 Å². The van der Waals surface area contributed by atoms with Gasteiger partial charge in [-0.25, -0.2) is 0 Å². The molecule has 1 aliphatic heterocycles. The Kier molecular flexibility index (Phi) is 7.26. The van der Waals surface area contributed by atoms with E-state index >= 15 is 0 Å². The second kappa shape index (κ2) is 11.1. The predicted molar refractivity (Wildman–Crippen MR) is 141 cm³/mol. The van der Waals surface area contributed by atoms with Gasteiger partial charge in [-0.05, 0) is 61.0 Å². The molecule has 38 heavy (non-hydrogen) atoms. The number of ketones is 2. The van der Waals surface area contributed by atoms with Gasteiger partial charge in [0.25, 0.3) is 0 Å². The average Bonchev–Trinajstić information content (AvgIpc) is 3.44. The Morgan fingerprint density at radius 1 is 0.737 bits per heavy atom. The van der Waals surface area contributed by atoms with Crippen molar-refractivity contribution in [3.05, 3.63) is 113 Å². The van der Waals surface area contributed by atoms with Crippen molar-refractivity contribution in [3.8, 4) is 28.7 Å². The van der Waals surface area contributed by atoms with Crippen LogP contribution in [0.1, 0.15) is 44.3 Å². The van der Waals surface area contributed by atoms with Crippen molar-refractivity contribution in [2.75, 3.05) is 20.5 Å². The molecule has 0 saturated carbocycles. The second-order valence-electron chi connectivity index (χ2n) is 8.50. The zero-order chi connectivity index (χ0) is 26.5. The van der Waals surface area contributed by atoms with Gasteiger partial charge in [-0.2, -0.15) is 0 Å². The molecule has 1 aliphatic rings. The van der Waals surface area contributed by atoms with Gasteiger partial charge in [-0.3, -0.25) is 9.59 Å². The molecule has 0 radical (unpaired) electrons. The summed E-state index contributed by atoms with van der Waals surface area (Å²) in [6, 6.07) is 24.5. The summed E-state index contributed by atoms with van der Waals surface area (Å²) >= 11 is 0. The first kappa shape index (κ1) is 24.9. The lowest BCUT2D eigenvalue weighted by Crippen LogP contribution is -2.13. The number of rotatable bonds is 10. The minimum atomic E-state index is -0.374. The fourth-order valence-electron chi connectivity index (χ4n) is 4.18. The van der Waals surface area contributed by atoms with Crippen molar-refractivity contribution in [3.63, 3.8) is 0 Å². The summed E-state index contributed by atoms with van der Waals surface area (Å²) in [5.41, 5.74) is 2.07. The van der Waals surface area contributed by atoms with Crippen LogP contribution in [0.3, 0.4) is 0 Å². The molecule has 0 spiro atoms. The van der Waals surface area contributed by atoms with Crippen LogP contribution in [0.25, 0.3) is 0 Å². The molecule has 192 valence electrons. The highest BCUT2D eigenvalue weighted by molar-refractivity contribution is 6.20. The van der Waals surface area contributed by atoms with Gasteiger partial charge in [-0.1, -0.05) is 30.3 Å². The van der Waals surface area contributed by atoms with E-state index in [1.165, 1.54) is 0 Å². The Bertz CT molecular complexity index is 1480. The molecular weight excluding hydrogens is 484 g/mol. The smallest absolute Gasteiger partial charge is 0.231 e. The van der Waals surface area contributed by atoms with Crippen LogP contribution in [0, 0.1) is 0 Å². The largest absolute Gasteiger partial charge is 0.497 e. The number of carbonyl (C=O) groups excluding carboxylic acids is 2. The maximum Gasteiger partial charge on any atom is 0.231 e. The van der Waals surface area contributed by atoms with Gasteiger partial charge in [0.2, 0.25) is 6.79 Å². The standard InChI is InChI=1S/C31H26O7/c1-3-35-23-11-12-24(30(32)21-9-14-27-29(15-21)38-19-37-27)26(16-23)31(33)25-13-10-22(34-2)17-28(25)36-18-20-7-5-4-6-8-20/h4-17H,3,18-19H2,1-2H3. The van der Waals surface area contributed by atoms with Gasteiger partial charge in [0, 0.05) is 22.8 Å². The molecule has 4 aromatic rings. The third-order valence-electron chi connectivity index (χ3n) is 6.10. The van der Waals surface area contributed by atoms with Gasteiger partial charge < -0.3 is 23.7 Å². The Balaban J connectivity index is 1.54. The third kappa shape index (κ3) is 5.18. The van der Waals surface area contributed by atoms with Crippen LogP contribution < -0.4 is 23.7 Å². The summed E-state index contributed by atoms with van der Waals surface area (Å²) in [6.07, 6.45) is 0. The third-order valence-corrected chi connectivity index (χ3v) is 6.10. The molecule has 0 unspecified atom stereocenters. The van der Waals surface area contributed by atoms with E-state index in [9.17, 15) is 9.59 Å². The van der Waals surface area contributed by atoms with Gasteiger partial charge in [0.15, 0.2) is 23.1 Å². The summed E-state index contributed by atoms with van der Waals surface area (Å²) in [6.45, 7) is 2.63. The number of ether oxygens (including phenoxy) is 5. The Hall–Kier alpha value is -4.78. The predicted octanol–water partition coefficient (Wildman–Crippen LogP) is 5.86. The molecule has 0 aromatic heterocycles. The Morgan fingerprint density at radius 3 is 2.29 bits per heavy atom. The van der Waals surface area contributed by atoms with E-state index in [0.717, 1.165) is 5.56 Å². The summed E-state index contributed by atoms with van der Waals surface area (Å²) in [4.78, 5) is 27.6. The van der Waals surface area contributed by atoms with Crippen LogP contribution in [0.2, 0.25) is 0 Å². The van der Waals surface area contributed by atoms with Gasteiger partial charge >= 0.3 is 0 Å². The number of hydrogen-bond donors (Lipinski definition) is 0. The minimum Gasteiger partial charge on any atom is -0.497 e. The van der Waals surface area contributed by atoms with Gasteiger partial charge in [0.1, 0.15) is 23.9 Å². The molecule has 0 bridgehead atoms. The van der Waals surface area contributed by atoms with E-state index in [-0.39, 0.29) is 36.1 Å². The molecule has 0 amide bonds. The van der Waals surface area contributed by atoms with Crippen molar-refractivity contribution in [1.29, 1.82) is 0 Å². The summed E-state index contributed by atoms with van der Waals surface area (Å²) < 4.78 is 27.9. The first-order valence-electron chi connectivity index (χ1n) is 12.2. The molecule has 0 fully saturated rings. The SMILES string of the molecule is CCOc1ccc(C(=O)c2ccc3c(c2)OCO3)c(C(=O)c2ccc(OC)cc2OCc2ccccc2)c1. The first-order valence-corrected chi connectivity index (χ1v) is 12.2. The second-order valence-corrected chi connectivity index (χ2v) is 8.50. The van der Waals surface area contributed by atoms with E-state index in [1.54, 1.807) is 61.7 Å². The molecule has 4 aromatic carbocycles. The van der Waals surface area contributed by atoms with Crippen LogP contribution in [-0.4, -0.2) is 32.1 Å². The summed E-state index contributed by atoms with van der Waals surface area (Å²) in [5, 5.41) is 0. The highest BCUT2D eigenvalue weighted by atomic mass is 16.7. The molecule has 1 heterocycles. The normalized spacial score (nSPS) is 11.6. The molecule has 0 saturated heterocycles. The van der Waals surface area contributed by atoms with Crippen molar-refractivity contribution >= 4 is 11.6 Å². The minimum absolute atomic E-state index is 0.100. The maximum absolute atomic E-state index is 14.0. The number of carbonyl (C=O) groups is 2. The molecular formula is C31H26O7. The highest BCUT2D eigenvalue weighted by Gasteiger charge is 2.25. The molecule has 0 atom stereocenters. The van der Waals surface area contributed by atoms with Gasteiger partial charge in [0.05, 0.1) is 19.3 Å². The van der Waals surface area contributed by atoms with Crippen molar-refractivity contribution < 1.29 is 33.3 Å². The zero-order valence-electron chi connectivity index (χ0n) is 21.1. The first-order chi connectivity index (χ1) is 18.6. The molecule has 0 N–H and O–H groups in total. The van der Waals surface area contributed by atoms with Crippen molar-refractivity contribution in [1.82, 2.24) is 0 Å². The van der Waals surface area contributed by atoms with E-state index < -0.39 is 0 Å². The van der Waals surface area contributed by atoms with Crippen LogP contribution in [-0.2, 0) is 6.61 Å². The lowest BCUT2D eigenvalue weighted by molar-refractivity contribution is 0.100. The number of methoxy groups -OCH3 is 1. The quantitative estimate of drug-likeness (QED) is 0.247. The Morgan fingerprint density at radius 2 is 1.50 bits per heavy atom. The van der Waals surface area contributed by atoms with E-state index in [4.69, 9.17) is 23.7 Å². The average molecular weight is 511 g/mol. The van der Waals surface area contributed by atoms with Crippen LogP contribution >= 0.6 is 0 Å². The molecule has 7 heteroatoms. The lowest BCUT2D eigenvalue weighted by Gasteiger charge is -2.15. The van der Waals surface area contributed by atoms with E-state index in [2.05, 4.69) is 0 Å². The van der Waals surface area contributed by atoms with E-state index in [1.807, 2.05) is 37.3 Å². The topological polar surface area (TPSA) is 80.3 Å². The zero-order valence-corrected chi connectivity index (χ0v) is 21.1. The van der Waals surface area contributed by atoms with Crippen LogP contribution in [0.5, 0.6) is 28.7 Å². The number of fused-ring (bicyclic) bond motifs is 1. The summed E-state index contributed by atoms with van der Waals surface area (Å²) in [5.74, 6) is 1.74. The fourth-order valence-corrected chi connectivity index (χ4v) is 4.18.